The van der Waals surface area contributed by atoms with Gasteiger partial charge in [0.25, 0.3) is 0 Å². The largest absolute Gasteiger partial charge is 0.497 e. The van der Waals surface area contributed by atoms with Gasteiger partial charge in [-0.3, -0.25) is 4.79 Å². The molecule has 1 aromatic carbocycles. The molecule has 0 radical (unpaired) electrons. The molecule has 0 fully saturated rings. The number of aryl methyl sites for hydroxylation is 1. The predicted molar refractivity (Wildman–Crippen MR) is 143 cm³/mol. The number of ether oxygens (including phenoxy) is 2. The minimum Gasteiger partial charge on any atom is -0.497 e. The molecule has 1 aliphatic rings. The van der Waals surface area contributed by atoms with Crippen LogP contribution in [-0.4, -0.2) is 30.3 Å². The standard InChI is InChI=1S/C28H32N4O4S/c1-18(20-6-4-8-22(14-20)35-3)12-26(33)31-27-24(15-29)23-10-9-19(13-25(23)37-27)17-36-28(34)30-16-21-7-5-11-32(21)2/h4-8,11,14,18-19H,9-10,12-13,16-17H2,1-3H3,(H,30,34)(H,31,33). The van der Waals surface area contributed by atoms with Crippen LogP contribution in [0.3, 0.4) is 0 Å². The van der Waals surface area contributed by atoms with Gasteiger partial charge in [0.2, 0.25) is 5.91 Å². The van der Waals surface area contributed by atoms with E-state index in [9.17, 15) is 14.9 Å². The molecule has 2 N–H and O–H groups in total. The van der Waals surface area contributed by atoms with Gasteiger partial charge in [0, 0.05) is 30.2 Å². The Hall–Kier alpha value is -3.77. The van der Waals surface area contributed by atoms with Gasteiger partial charge in [0.15, 0.2) is 0 Å². The number of rotatable bonds is 9. The summed E-state index contributed by atoms with van der Waals surface area (Å²) in [6, 6.07) is 13.9. The average molecular weight is 521 g/mol. The number of hydrogen-bond donors (Lipinski definition) is 2. The van der Waals surface area contributed by atoms with Crippen molar-refractivity contribution < 1.29 is 19.1 Å². The molecule has 37 heavy (non-hydrogen) atoms. The van der Waals surface area contributed by atoms with E-state index < -0.39 is 6.09 Å². The van der Waals surface area contributed by atoms with Crippen LogP contribution in [0.2, 0.25) is 0 Å². The predicted octanol–water partition coefficient (Wildman–Crippen LogP) is 5.13. The van der Waals surface area contributed by atoms with Crippen LogP contribution in [0.1, 0.15) is 52.9 Å². The summed E-state index contributed by atoms with van der Waals surface area (Å²) in [7, 11) is 3.55. The van der Waals surface area contributed by atoms with Crippen LogP contribution in [0.4, 0.5) is 9.80 Å². The van der Waals surface area contributed by atoms with Crippen molar-refractivity contribution in [3.63, 3.8) is 0 Å². The molecule has 3 aromatic rings. The van der Waals surface area contributed by atoms with Crippen molar-refractivity contribution in [2.24, 2.45) is 13.0 Å². The van der Waals surface area contributed by atoms with E-state index in [2.05, 4.69) is 16.7 Å². The maximum Gasteiger partial charge on any atom is 0.407 e. The van der Waals surface area contributed by atoms with Crippen LogP contribution in [0, 0.1) is 17.2 Å². The van der Waals surface area contributed by atoms with Crippen LogP contribution in [0.25, 0.3) is 0 Å². The Kier molecular flexibility index (Phi) is 8.51. The second-order valence-corrected chi connectivity index (χ2v) is 10.5. The summed E-state index contributed by atoms with van der Waals surface area (Å²) in [4.78, 5) is 26.1. The first-order valence-corrected chi connectivity index (χ1v) is 13.2. The fraction of sp³-hybridized carbons (Fsp3) is 0.393. The normalized spacial score (nSPS) is 15.2. The SMILES string of the molecule is COc1cccc(C(C)CC(=O)Nc2sc3c(c2C#N)CCC(COC(=O)NCc2cccn2C)C3)c1. The molecular formula is C28H32N4O4S. The highest BCUT2D eigenvalue weighted by atomic mass is 32.1. The summed E-state index contributed by atoms with van der Waals surface area (Å²) in [5.74, 6) is 0.814. The van der Waals surface area contributed by atoms with E-state index in [0.717, 1.165) is 46.7 Å². The molecule has 2 heterocycles. The van der Waals surface area contributed by atoms with Crippen molar-refractivity contribution in [2.75, 3.05) is 19.0 Å². The zero-order valence-corrected chi connectivity index (χ0v) is 22.2. The van der Waals surface area contributed by atoms with Crippen molar-refractivity contribution in [3.8, 4) is 11.8 Å². The number of benzene rings is 1. The van der Waals surface area contributed by atoms with Crippen molar-refractivity contribution in [1.82, 2.24) is 9.88 Å². The van der Waals surface area contributed by atoms with Crippen LogP contribution >= 0.6 is 11.3 Å². The summed E-state index contributed by atoms with van der Waals surface area (Å²) >= 11 is 1.46. The second-order valence-electron chi connectivity index (χ2n) is 9.42. The van der Waals surface area contributed by atoms with Gasteiger partial charge in [-0.15, -0.1) is 11.3 Å². The summed E-state index contributed by atoms with van der Waals surface area (Å²) < 4.78 is 12.7. The number of alkyl carbamates (subject to hydrolysis) is 1. The van der Waals surface area contributed by atoms with Gasteiger partial charge >= 0.3 is 6.09 Å². The Morgan fingerprint density at radius 1 is 1.30 bits per heavy atom. The number of nitrogens with zero attached hydrogens (tertiary/aromatic N) is 2. The summed E-state index contributed by atoms with van der Waals surface area (Å²) in [5.41, 5.74) is 3.58. The molecule has 0 bridgehead atoms. The van der Waals surface area contributed by atoms with E-state index in [4.69, 9.17) is 9.47 Å². The minimum absolute atomic E-state index is 0.00418. The highest BCUT2D eigenvalue weighted by molar-refractivity contribution is 7.16. The molecule has 4 rings (SSSR count). The third kappa shape index (κ3) is 6.52. The number of thiophene rings is 1. The van der Waals surface area contributed by atoms with Crippen LogP contribution in [0.15, 0.2) is 42.6 Å². The van der Waals surface area contributed by atoms with Crippen LogP contribution in [-0.2, 0) is 36.0 Å². The van der Waals surface area contributed by atoms with Gasteiger partial charge in [-0.2, -0.15) is 5.26 Å². The average Bonchev–Trinajstić information content (AvgIpc) is 3.47. The van der Waals surface area contributed by atoms with Gasteiger partial charge < -0.3 is 24.7 Å². The Bertz CT molecular complexity index is 1310. The number of anilines is 1. The third-order valence-corrected chi connectivity index (χ3v) is 7.97. The second kappa shape index (κ2) is 12.0. The fourth-order valence-electron chi connectivity index (χ4n) is 4.61. The first-order chi connectivity index (χ1) is 17.9. The Balaban J connectivity index is 1.31. The van der Waals surface area contributed by atoms with Crippen molar-refractivity contribution in [3.05, 3.63) is 69.9 Å². The quantitative estimate of drug-likeness (QED) is 0.407. The maximum atomic E-state index is 12.8. The number of methoxy groups -OCH3 is 1. The number of nitrogens with one attached hydrogen (secondary N) is 2. The smallest absolute Gasteiger partial charge is 0.407 e. The third-order valence-electron chi connectivity index (χ3n) is 6.80. The molecule has 0 saturated heterocycles. The van der Waals surface area contributed by atoms with E-state index >= 15 is 0 Å². The number of amides is 2. The Morgan fingerprint density at radius 2 is 2.14 bits per heavy atom. The zero-order chi connectivity index (χ0) is 26.4. The Morgan fingerprint density at radius 3 is 2.86 bits per heavy atom. The molecule has 8 nitrogen and oxygen atoms in total. The lowest BCUT2D eigenvalue weighted by Crippen LogP contribution is -2.28. The number of carbonyl (C=O) groups is 2. The molecule has 9 heteroatoms. The van der Waals surface area contributed by atoms with E-state index in [1.54, 1.807) is 7.11 Å². The number of aromatic nitrogens is 1. The summed E-state index contributed by atoms with van der Waals surface area (Å²) in [6.45, 7) is 2.73. The molecule has 2 atom stereocenters. The first-order valence-electron chi connectivity index (χ1n) is 12.4. The molecule has 2 amide bonds. The van der Waals surface area contributed by atoms with E-state index in [0.29, 0.717) is 30.1 Å². The Labute approximate surface area is 221 Å². The summed E-state index contributed by atoms with van der Waals surface area (Å²) in [5, 5.41) is 16.2. The molecule has 0 spiro atoms. The van der Waals surface area contributed by atoms with Crippen molar-refractivity contribution in [2.45, 2.75) is 45.1 Å². The van der Waals surface area contributed by atoms with E-state index in [1.165, 1.54) is 11.3 Å². The maximum absolute atomic E-state index is 12.8. The number of carbonyl (C=O) groups excluding carboxylic acids is 2. The number of nitriles is 1. The lowest BCUT2D eigenvalue weighted by molar-refractivity contribution is -0.116. The molecular weight excluding hydrogens is 488 g/mol. The highest BCUT2D eigenvalue weighted by Crippen LogP contribution is 2.39. The minimum atomic E-state index is -0.436. The van der Waals surface area contributed by atoms with Crippen LogP contribution < -0.4 is 15.4 Å². The van der Waals surface area contributed by atoms with Gasteiger partial charge in [-0.1, -0.05) is 19.1 Å². The molecule has 2 aromatic heterocycles. The topological polar surface area (TPSA) is 105 Å². The van der Waals surface area contributed by atoms with E-state index in [1.807, 2.05) is 61.1 Å². The molecule has 0 aliphatic heterocycles. The molecule has 0 saturated carbocycles. The van der Waals surface area contributed by atoms with Gasteiger partial charge in [-0.05, 0) is 66.5 Å². The van der Waals surface area contributed by atoms with Crippen LogP contribution in [0.5, 0.6) is 5.75 Å². The monoisotopic (exact) mass is 520 g/mol. The number of hydrogen-bond acceptors (Lipinski definition) is 6. The molecule has 194 valence electrons. The molecule has 1 aliphatic carbocycles. The zero-order valence-electron chi connectivity index (χ0n) is 21.4. The molecule has 2 unspecified atom stereocenters. The highest BCUT2D eigenvalue weighted by Gasteiger charge is 2.27. The fourth-order valence-corrected chi connectivity index (χ4v) is 5.94. The van der Waals surface area contributed by atoms with Crippen molar-refractivity contribution >= 4 is 28.3 Å². The van der Waals surface area contributed by atoms with Crippen molar-refractivity contribution in [1.29, 1.82) is 5.26 Å². The lowest BCUT2D eigenvalue weighted by atomic mass is 9.88. The van der Waals surface area contributed by atoms with Gasteiger partial charge in [-0.25, -0.2) is 4.79 Å². The van der Waals surface area contributed by atoms with E-state index in [-0.39, 0.29) is 17.7 Å². The van der Waals surface area contributed by atoms with Gasteiger partial charge in [0.1, 0.15) is 16.8 Å². The lowest BCUT2D eigenvalue weighted by Gasteiger charge is -2.21. The number of fused-ring (bicyclic) bond motifs is 1. The summed E-state index contributed by atoms with van der Waals surface area (Å²) in [6.07, 6.45) is 4.06. The first kappa shape index (κ1) is 26.3. The van der Waals surface area contributed by atoms with Gasteiger partial charge in [0.05, 0.1) is 25.8 Å².